The molecule has 0 bridgehead atoms. The highest BCUT2D eigenvalue weighted by atomic mass is 79.9. The minimum atomic E-state index is -0.379. The van der Waals surface area contributed by atoms with Crippen molar-refractivity contribution in [3.63, 3.8) is 0 Å². The van der Waals surface area contributed by atoms with Crippen LogP contribution in [0.25, 0.3) is 16.9 Å². The van der Waals surface area contributed by atoms with Gasteiger partial charge in [-0.05, 0) is 31.5 Å². The van der Waals surface area contributed by atoms with Crippen molar-refractivity contribution in [2.24, 2.45) is 7.05 Å². The Balaban J connectivity index is 2.04. The second-order valence-electron chi connectivity index (χ2n) is 6.14. The highest BCUT2D eigenvalue weighted by Gasteiger charge is 2.19. The average molecular weight is 402 g/mol. The number of imidazole rings is 2. The van der Waals surface area contributed by atoms with Gasteiger partial charge < -0.3 is 4.98 Å². The molecule has 0 radical (unpaired) electrons. The Hall–Kier alpha value is -2.61. The minimum Gasteiger partial charge on any atom is -0.327 e. The summed E-state index contributed by atoms with van der Waals surface area (Å²) in [6.45, 7) is 4.06. The number of H-pyrrole nitrogens is 1. The Morgan fingerprint density at radius 3 is 2.52 bits per heavy atom. The van der Waals surface area contributed by atoms with Crippen LogP contribution in [0.1, 0.15) is 17.0 Å². The summed E-state index contributed by atoms with van der Waals surface area (Å²) in [4.78, 5) is 33.3. The third-order valence-corrected chi connectivity index (χ3v) is 5.10. The van der Waals surface area contributed by atoms with E-state index in [2.05, 4.69) is 25.9 Å². The second kappa shape index (κ2) is 5.45. The SMILES string of the molecule is Cc1[nH]c2nc3c(c(=O)n(Cc4ccc(Br)cc4)c(=O)n3C)n2c1C. The summed E-state index contributed by atoms with van der Waals surface area (Å²) >= 11 is 3.39. The van der Waals surface area contributed by atoms with Crippen molar-refractivity contribution >= 4 is 32.9 Å². The van der Waals surface area contributed by atoms with E-state index in [-0.39, 0.29) is 17.8 Å². The normalized spacial score (nSPS) is 11.7. The predicted molar refractivity (Wildman–Crippen MR) is 99.3 cm³/mol. The molecule has 0 amide bonds. The summed E-state index contributed by atoms with van der Waals surface area (Å²) in [7, 11) is 1.64. The largest absolute Gasteiger partial charge is 0.332 e. The minimum absolute atomic E-state index is 0.213. The average Bonchev–Trinajstić information content (AvgIpc) is 3.08. The maximum Gasteiger partial charge on any atom is 0.332 e. The van der Waals surface area contributed by atoms with Gasteiger partial charge in [-0.25, -0.2) is 4.79 Å². The van der Waals surface area contributed by atoms with E-state index in [4.69, 9.17) is 0 Å². The molecule has 4 aromatic rings. The van der Waals surface area contributed by atoms with Gasteiger partial charge in [0, 0.05) is 22.9 Å². The fraction of sp³-hybridized carbons (Fsp3) is 0.235. The molecular weight excluding hydrogens is 386 g/mol. The van der Waals surface area contributed by atoms with Gasteiger partial charge >= 0.3 is 5.69 Å². The maximum atomic E-state index is 13.1. The molecule has 8 heteroatoms. The Kier molecular flexibility index (Phi) is 3.47. The molecule has 128 valence electrons. The molecule has 1 N–H and O–H groups in total. The van der Waals surface area contributed by atoms with Crippen LogP contribution in [0.3, 0.4) is 0 Å². The Labute approximate surface area is 150 Å². The summed E-state index contributed by atoms with van der Waals surface area (Å²) in [6, 6.07) is 7.55. The summed E-state index contributed by atoms with van der Waals surface area (Å²) in [5, 5.41) is 0. The van der Waals surface area contributed by atoms with Gasteiger partial charge in [0.25, 0.3) is 5.56 Å². The fourth-order valence-electron chi connectivity index (χ4n) is 3.07. The van der Waals surface area contributed by atoms with Gasteiger partial charge in [-0.1, -0.05) is 28.1 Å². The van der Waals surface area contributed by atoms with Crippen LogP contribution >= 0.6 is 15.9 Å². The topological polar surface area (TPSA) is 77.1 Å². The zero-order valence-electron chi connectivity index (χ0n) is 14.0. The molecule has 0 aliphatic heterocycles. The van der Waals surface area contributed by atoms with E-state index in [1.165, 1.54) is 9.13 Å². The van der Waals surface area contributed by atoms with Crippen LogP contribution in [0.15, 0.2) is 38.3 Å². The van der Waals surface area contributed by atoms with Crippen molar-refractivity contribution in [1.82, 2.24) is 23.5 Å². The number of nitrogens with zero attached hydrogens (tertiary/aromatic N) is 4. The maximum absolute atomic E-state index is 13.1. The van der Waals surface area contributed by atoms with Gasteiger partial charge in [-0.15, -0.1) is 0 Å². The van der Waals surface area contributed by atoms with E-state index in [1.807, 2.05) is 38.1 Å². The highest BCUT2D eigenvalue weighted by molar-refractivity contribution is 9.10. The zero-order chi connectivity index (χ0) is 17.9. The van der Waals surface area contributed by atoms with Crippen LogP contribution in [0.2, 0.25) is 0 Å². The third-order valence-electron chi connectivity index (χ3n) is 4.57. The monoisotopic (exact) mass is 401 g/mol. The van der Waals surface area contributed by atoms with Crippen molar-refractivity contribution in [1.29, 1.82) is 0 Å². The van der Waals surface area contributed by atoms with Crippen molar-refractivity contribution < 1.29 is 0 Å². The van der Waals surface area contributed by atoms with Crippen molar-refractivity contribution in [2.45, 2.75) is 20.4 Å². The number of benzene rings is 1. The quantitative estimate of drug-likeness (QED) is 0.558. The molecule has 4 rings (SSSR count). The van der Waals surface area contributed by atoms with Gasteiger partial charge in [0.1, 0.15) is 0 Å². The first kappa shape index (κ1) is 15.9. The van der Waals surface area contributed by atoms with Crippen molar-refractivity contribution in [3.8, 4) is 0 Å². The summed E-state index contributed by atoms with van der Waals surface area (Å²) in [5.74, 6) is 0.568. The zero-order valence-corrected chi connectivity index (χ0v) is 15.6. The van der Waals surface area contributed by atoms with Crippen molar-refractivity contribution in [2.75, 3.05) is 0 Å². The summed E-state index contributed by atoms with van der Waals surface area (Å²) in [5.41, 5.74) is 2.81. The number of nitrogens with one attached hydrogen (secondary N) is 1. The van der Waals surface area contributed by atoms with E-state index in [9.17, 15) is 9.59 Å². The molecule has 0 saturated heterocycles. The molecule has 25 heavy (non-hydrogen) atoms. The number of rotatable bonds is 2. The smallest absolute Gasteiger partial charge is 0.327 e. The molecule has 0 spiro atoms. The molecule has 0 atom stereocenters. The fourth-order valence-corrected chi connectivity index (χ4v) is 3.33. The lowest BCUT2D eigenvalue weighted by molar-refractivity contribution is 0.656. The standard InChI is InChI=1S/C17H16BrN5O2/c1-9-10(2)23-13-14(20-16(23)19-9)21(3)17(25)22(15(13)24)8-11-4-6-12(18)7-5-11/h4-7H,8H2,1-3H3,(H,19,20). The Morgan fingerprint density at radius 1 is 1.16 bits per heavy atom. The van der Waals surface area contributed by atoms with E-state index >= 15 is 0 Å². The summed E-state index contributed by atoms with van der Waals surface area (Å²) in [6.07, 6.45) is 0. The lowest BCUT2D eigenvalue weighted by atomic mass is 10.2. The number of hydrogen-bond acceptors (Lipinski definition) is 3. The van der Waals surface area contributed by atoms with Gasteiger partial charge in [0.15, 0.2) is 11.2 Å². The second-order valence-corrected chi connectivity index (χ2v) is 7.05. The van der Waals surface area contributed by atoms with E-state index in [0.29, 0.717) is 16.9 Å². The molecule has 0 saturated carbocycles. The predicted octanol–water partition coefficient (Wildman–Crippen LogP) is 2.10. The molecule has 1 aromatic carbocycles. The van der Waals surface area contributed by atoms with Gasteiger partial charge in [-0.3, -0.25) is 18.3 Å². The molecule has 3 heterocycles. The lowest BCUT2D eigenvalue weighted by Gasteiger charge is -2.08. The van der Waals surface area contributed by atoms with Crippen LogP contribution in [0, 0.1) is 13.8 Å². The first-order valence-corrected chi connectivity index (χ1v) is 8.59. The molecule has 0 fully saturated rings. The third kappa shape index (κ3) is 2.28. The highest BCUT2D eigenvalue weighted by Crippen LogP contribution is 2.16. The first-order valence-electron chi connectivity index (χ1n) is 7.80. The van der Waals surface area contributed by atoms with Gasteiger partial charge in [-0.2, -0.15) is 4.98 Å². The van der Waals surface area contributed by atoms with Crippen LogP contribution in [0.5, 0.6) is 0 Å². The van der Waals surface area contributed by atoms with E-state index in [1.54, 1.807) is 11.4 Å². The molecule has 0 aliphatic carbocycles. The number of fused-ring (bicyclic) bond motifs is 3. The Morgan fingerprint density at radius 2 is 1.84 bits per heavy atom. The number of aryl methyl sites for hydroxylation is 3. The van der Waals surface area contributed by atoms with Gasteiger partial charge in [0.05, 0.1) is 6.54 Å². The first-order chi connectivity index (χ1) is 11.9. The van der Waals surface area contributed by atoms with Crippen molar-refractivity contribution in [3.05, 3.63) is 66.5 Å². The number of hydrogen-bond donors (Lipinski definition) is 1. The van der Waals surface area contributed by atoms with Crippen LogP contribution < -0.4 is 11.2 Å². The molecule has 3 aromatic heterocycles. The van der Waals surface area contributed by atoms with Crippen LogP contribution in [-0.4, -0.2) is 23.5 Å². The van der Waals surface area contributed by atoms with Gasteiger partial charge in [0.2, 0.25) is 5.78 Å². The van der Waals surface area contributed by atoms with Crippen LogP contribution in [-0.2, 0) is 13.6 Å². The van der Waals surface area contributed by atoms with Crippen LogP contribution in [0.4, 0.5) is 0 Å². The molecule has 0 unspecified atom stereocenters. The van der Waals surface area contributed by atoms with E-state index < -0.39 is 0 Å². The number of aromatic amines is 1. The number of aromatic nitrogens is 5. The molecular formula is C17H16BrN5O2. The molecule has 7 nitrogen and oxygen atoms in total. The Bertz CT molecular complexity index is 1240. The summed E-state index contributed by atoms with van der Waals surface area (Å²) < 4.78 is 5.40. The number of halogens is 1. The molecule has 0 aliphatic rings. The lowest BCUT2D eigenvalue weighted by Crippen LogP contribution is -2.39. The van der Waals surface area contributed by atoms with E-state index in [0.717, 1.165) is 21.4 Å².